The molecule has 0 radical (unpaired) electrons. The fourth-order valence-electron chi connectivity index (χ4n) is 3.00. The number of nitrogens with zero attached hydrogens (tertiary/aromatic N) is 2. The molecular weight excluding hydrogens is 320 g/mol. The first-order chi connectivity index (χ1) is 12.1. The molecule has 0 unspecified atom stereocenters. The van der Waals surface area contributed by atoms with Crippen molar-refractivity contribution in [3.8, 4) is 5.75 Å². The third kappa shape index (κ3) is 6.05. The summed E-state index contributed by atoms with van der Waals surface area (Å²) in [5.74, 6) is 0.845. The van der Waals surface area contributed by atoms with E-state index < -0.39 is 0 Å². The van der Waals surface area contributed by atoms with Crippen LogP contribution in [0.2, 0.25) is 0 Å². The van der Waals surface area contributed by atoms with Crippen LogP contribution < -0.4 is 4.74 Å². The Balaban J connectivity index is 1.71. The van der Waals surface area contributed by atoms with Gasteiger partial charge in [-0.3, -0.25) is 9.59 Å². The molecule has 1 aromatic carbocycles. The van der Waals surface area contributed by atoms with Crippen LogP contribution in [0, 0.1) is 5.92 Å². The molecule has 2 rings (SSSR count). The van der Waals surface area contributed by atoms with Gasteiger partial charge in [-0.2, -0.15) is 0 Å². The Kier molecular flexibility index (Phi) is 7.73. The molecule has 0 aliphatic carbocycles. The van der Waals surface area contributed by atoms with Crippen LogP contribution in [0.5, 0.6) is 5.75 Å². The molecule has 0 N–H and O–H groups in total. The summed E-state index contributed by atoms with van der Waals surface area (Å²) in [6.07, 6.45) is 2.27. The molecule has 0 saturated carbocycles. The van der Waals surface area contributed by atoms with Crippen LogP contribution in [-0.4, -0.2) is 68.6 Å². The quantitative estimate of drug-likeness (QED) is 0.672. The lowest BCUT2D eigenvalue weighted by atomic mass is 9.95. The minimum atomic E-state index is -0.0248. The molecule has 2 amide bonds. The molecule has 25 heavy (non-hydrogen) atoms. The number of carbonyl (C=O) groups is 2. The van der Waals surface area contributed by atoms with Gasteiger partial charge in [-0.1, -0.05) is 18.2 Å². The molecule has 1 fully saturated rings. The monoisotopic (exact) mass is 348 g/mol. The number of ether oxygens (including phenoxy) is 2. The number of piperidine rings is 1. The van der Waals surface area contributed by atoms with Gasteiger partial charge in [0.2, 0.25) is 5.91 Å². The number of methoxy groups -OCH3 is 1. The SMILES string of the molecule is COCCCN(C)C(=O)C1CCN(C(=O)COc2ccccc2)CC1. The minimum Gasteiger partial charge on any atom is -0.484 e. The van der Waals surface area contributed by atoms with Gasteiger partial charge in [0.15, 0.2) is 6.61 Å². The molecular formula is C19H28N2O4. The van der Waals surface area contributed by atoms with Crippen molar-refractivity contribution in [3.63, 3.8) is 0 Å². The van der Waals surface area contributed by atoms with Gasteiger partial charge in [0.25, 0.3) is 5.91 Å². The van der Waals surface area contributed by atoms with Crippen molar-refractivity contribution in [2.75, 3.05) is 47.0 Å². The van der Waals surface area contributed by atoms with Crippen LogP contribution in [-0.2, 0) is 14.3 Å². The highest BCUT2D eigenvalue weighted by molar-refractivity contribution is 5.80. The number of para-hydroxylation sites is 1. The molecule has 0 aromatic heterocycles. The largest absolute Gasteiger partial charge is 0.484 e. The summed E-state index contributed by atoms with van der Waals surface area (Å²) in [5.41, 5.74) is 0. The Bertz CT molecular complexity index is 542. The number of amides is 2. The molecule has 0 spiro atoms. The smallest absolute Gasteiger partial charge is 0.260 e. The first-order valence-electron chi connectivity index (χ1n) is 8.81. The van der Waals surface area contributed by atoms with Crippen LogP contribution in [0.4, 0.5) is 0 Å². The van der Waals surface area contributed by atoms with E-state index in [0.717, 1.165) is 6.42 Å². The summed E-state index contributed by atoms with van der Waals surface area (Å²) in [6, 6.07) is 9.32. The highest BCUT2D eigenvalue weighted by Crippen LogP contribution is 2.20. The van der Waals surface area contributed by atoms with Crippen molar-refractivity contribution in [1.29, 1.82) is 0 Å². The van der Waals surface area contributed by atoms with Crippen LogP contribution in [0.3, 0.4) is 0 Å². The van der Waals surface area contributed by atoms with Gasteiger partial charge in [0, 0.05) is 46.3 Å². The average Bonchev–Trinajstić information content (AvgIpc) is 2.66. The molecule has 1 saturated heterocycles. The molecule has 1 aromatic rings. The van der Waals surface area contributed by atoms with Gasteiger partial charge in [-0.15, -0.1) is 0 Å². The van der Waals surface area contributed by atoms with E-state index in [4.69, 9.17) is 9.47 Å². The molecule has 0 bridgehead atoms. The number of likely N-dealkylation sites (tertiary alicyclic amines) is 1. The van der Waals surface area contributed by atoms with E-state index in [9.17, 15) is 9.59 Å². The van der Waals surface area contributed by atoms with Gasteiger partial charge < -0.3 is 19.3 Å². The van der Waals surface area contributed by atoms with E-state index in [0.29, 0.717) is 44.8 Å². The first-order valence-corrected chi connectivity index (χ1v) is 8.81. The van der Waals surface area contributed by atoms with Gasteiger partial charge in [0.05, 0.1) is 0 Å². The van der Waals surface area contributed by atoms with Crippen molar-refractivity contribution in [2.24, 2.45) is 5.92 Å². The predicted octanol–water partition coefficient (Wildman–Crippen LogP) is 1.80. The predicted molar refractivity (Wildman–Crippen MR) is 95.4 cm³/mol. The Morgan fingerprint density at radius 1 is 1.20 bits per heavy atom. The zero-order chi connectivity index (χ0) is 18.1. The Morgan fingerprint density at radius 2 is 1.88 bits per heavy atom. The van der Waals surface area contributed by atoms with E-state index in [1.54, 1.807) is 16.9 Å². The summed E-state index contributed by atoms with van der Waals surface area (Å²) in [5, 5.41) is 0. The molecule has 138 valence electrons. The van der Waals surface area contributed by atoms with E-state index >= 15 is 0 Å². The maximum atomic E-state index is 12.4. The van der Waals surface area contributed by atoms with E-state index in [1.807, 2.05) is 37.4 Å². The number of hydrogen-bond donors (Lipinski definition) is 0. The number of rotatable bonds is 8. The first kappa shape index (κ1) is 19.2. The van der Waals surface area contributed by atoms with Crippen molar-refractivity contribution in [2.45, 2.75) is 19.3 Å². The number of benzene rings is 1. The van der Waals surface area contributed by atoms with Crippen LogP contribution in [0.25, 0.3) is 0 Å². The zero-order valence-electron chi connectivity index (χ0n) is 15.1. The fourth-order valence-corrected chi connectivity index (χ4v) is 3.00. The van der Waals surface area contributed by atoms with E-state index in [-0.39, 0.29) is 24.3 Å². The summed E-state index contributed by atoms with van der Waals surface area (Å²) in [7, 11) is 3.50. The highest BCUT2D eigenvalue weighted by atomic mass is 16.5. The van der Waals surface area contributed by atoms with Gasteiger partial charge in [-0.25, -0.2) is 0 Å². The summed E-state index contributed by atoms with van der Waals surface area (Å²) < 4.78 is 10.5. The molecule has 6 heteroatoms. The van der Waals surface area contributed by atoms with Gasteiger partial charge in [-0.05, 0) is 31.4 Å². The van der Waals surface area contributed by atoms with Crippen LogP contribution in [0.15, 0.2) is 30.3 Å². The van der Waals surface area contributed by atoms with E-state index in [2.05, 4.69) is 0 Å². The Labute approximate surface area is 149 Å². The Morgan fingerprint density at radius 3 is 2.52 bits per heavy atom. The molecule has 6 nitrogen and oxygen atoms in total. The number of hydrogen-bond acceptors (Lipinski definition) is 4. The van der Waals surface area contributed by atoms with Crippen molar-refractivity contribution >= 4 is 11.8 Å². The van der Waals surface area contributed by atoms with E-state index in [1.165, 1.54) is 0 Å². The van der Waals surface area contributed by atoms with Gasteiger partial charge in [0.1, 0.15) is 5.75 Å². The molecule has 1 aliphatic rings. The molecule has 1 aliphatic heterocycles. The minimum absolute atomic E-state index is 0.00615. The topological polar surface area (TPSA) is 59.1 Å². The molecule has 1 heterocycles. The van der Waals surface area contributed by atoms with Gasteiger partial charge >= 0.3 is 0 Å². The summed E-state index contributed by atoms with van der Waals surface area (Å²) in [4.78, 5) is 28.3. The third-order valence-electron chi connectivity index (χ3n) is 4.52. The maximum absolute atomic E-state index is 12.4. The normalized spacial score (nSPS) is 15.0. The molecule has 0 atom stereocenters. The highest BCUT2D eigenvalue weighted by Gasteiger charge is 2.29. The maximum Gasteiger partial charge on any atom is 0.260 e. The average molecular weight is 348 g/mol. The second-order valence-electron chi connectivity index (χ2n) is 6.36. The number of carbonyl (C=O) groups excluding carboxylic acids is 2. The van der Waals surface area contributed by atoms with Crippen molar-refractivity contribution in [1.82, 2.24) is 9.80 Å². The third-order valence-corrected chi connectivity index (χ3v) is 4.52. The van der Waals surface area contributed by atoms with Crippen molar-refractivity contribution < 1.29 is 19.1 Å². The lowest BCUT2D eigenvalue weighted by molar-refractivity contribution is -0.140. The van der Waals surface area contributed by atoms with Crippen LogP contribution >= 0.6 is 0 Å². The fraction of sp³-hybridized carbons (Fsp3) is 0.579. The standard InChI is InChI=1S/C19H28N2O4/c1-20(11-6-14-24-2)19(23)16-9-12-21(13-10-16)18(22)15-25-17-7-4-3-5-8-17/h3-5,7-8,16H,6,9-15H2,1-2H3. The summed E-state index contributed by atoms with van der Waals surface area (Å²) in [6.45, 7) is 2.63. The van der Waals surface area contributed by atoms with Crippen LogP contribution in [0.1, 0.15) is 19.3 Å². The van der Waals surface area contributed by atoms with Crippen molar-refractivity contribution in [3.05, 3.63) is 30.3 Å². The second kappa shape index (κ2) is 10.0. The lowest BCUT2D eigenvalue weighted by Crippen LogP contribution is -2.45. The Hall–Kier alpha value is -2.08. The zero-order valence-corrected chi connectivity index (χ0v) is 15.1. The lowest BCUT2D eigenvalue weighted by Gasteiger charge is -2.33. The summed E-state index contributed by atoms with van der Waals surface area (Å²) >= 11 is 0. The second-order valence-corrected chi connectivity index (χ2v) is 6.36.